The third-order valence-electron chi connectivity index (χ3n) is 1.91. The molecule has 0 aromatic carbocycles. The van der Waals surface area contributed by atoms with E-state index in [0.29, 0.717) is 13.2 Å². The van der Waals surface area contributed by atoms with Crippen molar-refractivity contribution in [2.45, 2.75) is 12.8 Å². The molecule has 1 fully saturated rings. The molecule has 0 bridgehead atoms. The van der Waals surface area contributed by atoms with Gasteiger partial charge in [-0.25, -0.2) is 0 Å². The summed E-state index contributed by atoms with van der Waals surface area (Å²) >= 11 is 0. The van der Waals surface area contributed by atoms with Crippen LogP contribution in [0.2, 0.25) is 0 Å². The predicted octanol–water partition coefficient (Wildman–Crippen LogP) is -0.251. The Labute approximate surface area is 77.9 Å². The minimum atomic E-state index is 0.196. The number of ether oxygens (including phenoxy) is 1. The summed E-state index contributed by atoms with van der Waals surface area (Å²) in [4.78, 5) is 0. The Morgan fingerprint density at radius 1 is 1.62 bits per heavy atom. The molecule has 5 nitrogen and oxygen atoms in total. The Hall–Kier alpha value is -0.810. The van der Waals surface area contributed by atoms with Crippen LogP contribution in [0, 0.1) is 5.92 Å². The summed E-state index contributed by atoms with van der Waals surface area (Å²) in [5, 5.41) is 14.0. The molecule has 1 saturated carbocycles. The molecule has 0 aromatic heterocycles. The summed E-state index contributed by atoms with van der Waals surface area (Å²) < 4.78 is 5.37. The van der Waals surface area contributed by atoms with Gasteiger partial charge in [0.05, 0.1) is 13.2 Å². The Morgan fingerprint density at radius 3 is 3.00 bits per heavy atom. The van der Waals surface area contributed by atoms with Crippen LogP contribution < -0.4 is 11.1 Å². The molecule has 0 atom stereocenters. The second kappa shape index (κ2) is 5.77. The first kappa shape index (κ1) is 10.3. The second-order valence-electron chi connectivity index (χ2n) is 3.29. The third kappa shape index (κ3) is 5.43. The van der Waals surface area contributed by atoms with Gasteiger partial charge in [0.2, 0.25) is 0 Å². The first-order valence-electron chi connectivity index (χ1n) is 4.58. The fourth-order valence-electron chi connectivity index (χ4n) is 0.931. The number of hydrogen-bond donors (Lipinski definition) is 3. The lowest BCUT2D eigenvalue weighted by Gasteiger charge is -2.04. The molecule has 1 aliphatic rings. The van der Waals surface area contributed by atoms with Gasteiger partial charge < -0.3 is 21.0 Å². The Balaban J connectivity index is 1.77. The van der Waals surface area contributed by atoms with E-state index in [1.165, 1.54) is 12.8 Å². The summed E-state index contributed by atoms with van der Waals surface area (Å²) in [5.41, 5.74) is 5.24. The van der Waals surface area contributed by atoms with E-state index in [9.17, 15) is 0 Å². The molecule has 0 radical (unpaired) electrons. The van der Waals surface area contributed by atoms with Gasteiger partial charge in [0.15, 0.2) is 5.84 Å². The van der Waals surface area contributed by atoms with Crippen molar-refractivity contribution in [2.24, 2.45) is 16.8 Å². The lowest BCUT2D eigenvalue weighted by molar-refractivity contribution is 0.127. The van der Waals surface area contributed by atoms with Crippen LogP contribution in [0.5, 0.6) is 0 Å². The maximum absolute atomic E-state index is 8.21. The number of oxime groups is 1. The van der Waals surface area contributed by atoms with Gasteiger partial charge >= 0.3 is 0 Å². The van der Waals surface area contributed by atoms with Crippen molar-refractivity contribution in [3.05, 3.63) is 0 Å². The van der Waals surface area contributed by atoms with Crippen molar-refractivity contribution in [2.75, 3.05) is 26.3 Å². The Morgan fingerprint density at radius 2 is 2.38 bits per heavy atom. The van der Waals surface area contributed by atoms with Gasteiger partial charge in [-0.3, -0.25) is 0 Å². The monoisotopic (exact) mass is 187 g/mol. The molecule has 4 N–H and O–H groups in total. The van der Waals surface area contributed by atoms with E-state index in [1.807, 2.05) is 0 Å². The minimum Gasteiger partial charge on any atom is -0.409 e. The van der Waals surface area contributed by atoms with Gasteiger partial charge in [-0.15, -0.1) is 0 Å². The smallest absolute Gasteiger partial charge is 0.153 e. The van der Waals surface area contributed by atoms with Crippen molar-refractivity contribution < 1.29 is 9.94 Å². The molecule has 0 heterocycles. The highest BCUT2D eigenvalue weighted by Gasteiger charge is 2.20. The van der Waals surface area contributed by atoms with Gasteiger partial charge in [-0.05, 0) is 18.8 Å². The zero-order valence-corrected chi connectivity index (χ0v) is 7.70. The highest BCUT2D eigenvalue weighted by atomic mass is 16.5. The first-order chi connectivity index (χ1) is 6.33. The van der Waals surface area contributed by atoms with E-state index < -0.39 is 0 Å². The second-order valence-corrected chi connectivity index (χ2v) is 3.29. The molecular formula is C8H17N3O2. The van der Waals surface area contributed by atoms with Crippen LogP contribution in [0.25, 0.3) is 0 Å². The van der Waals surface area contributed by atoms with Crippen LogP contribution in [-0.4, -0.2) is 37.3 Å². The molecule has 13 heavy (non-hydrogen) atoms. The minimum absolute atomic E-state index is 0.196. The maximum Gasteiger partial charge on any atom is 0.153 e. The zero-order chi connectivity index (χ0) is 9.52. The van der Waals surface area contributed by atoms with Crippen LogP contribution in [0.15, 0.2) is 5.16 Å². The fraction of sp³-hybridized carbons (Fsp3) is 0.875. The van der Waals surface area contributed by atoms with Gasteiger partial charge in [-0.2, -0.15) is 0 Å². The summed E-state index contributed by atoms with van der Waals surface area (Å²) in [5.74, 6) is 1.01. The van der Waals surface area contributed by atoms with Crippen molar-refractivity contribution in [3.63, 3.8) is 0 Å². The number of amidine groups is 1. The van der Waals surface area contributed by atoms with Crippen LogP contribution in [0.3, 0.4) is 0 Å². The highest BCUT2D eigenvalue weighted by Crippen LogP contribution is 2.28. The fourth-order valence-corrected chi connectivity index (χ4v) is 0.931. The van der Waals surface area contributed by atoms with Crippen molar-refractivity contribution in [3.8, 4) is 0 Å². The summed E-state index contributed by atoms with van der Waals surface area (Å²) in [7, 11) is 0. The van der Waals surface area contributed by atoms with E-state index in [0.717, 1.165) is 19.1 Å². The Bertz CT molecular complexity index is 169. The molecule has 0 amide bonds. The van der Waals surface area contributed by atoms with Crippen LogP contribution in [-0.2, 0) is 4.74 Å². The van der Waals surface area contributed by atoms with E-state index in [1.54, 1.807) is 0 Å². The van der Waals surface area contributed by atoms with Crippen LogP contribution in [0.1, 0.15) is 12.8 Å². The van der Waals surface area contributed by atoms with Crippen LogP contribution >= 0.6 is 0 Å². The summed E-state index contributed by atoms with van der Waals surface area (Å²) in [6.45, 7) is 2.71. The predicted molar refractivity (Wildman–Crippen MR) is 49.8 cm³/mol. The molecule has 1 rings (SSSR count). The number of nitrogens with two attached hydrogens (primary N) is 1. The van der Waals surface area contributed by atoms with Crippen molar-refractivity contribution in [1.29, 1.82) is 0 Å². The number of rotatable bonds is 7. The van der Waals surface area contributed by atoms with Gasteiger partial charge in [0, 0.05) is 13.2 Å². The molecule has 1 aliphatic carbocycles. The SMILES string of the molecule is NC(CNCCOCC1CC1)=NO. The Kier molecular flexibility index (Phi) is 4.56. The van der Waals surface area contributed by atoms with Gasteiger partial charge in [-0.1, -0.05) is 5.16 Å². The zero-order valence-electron chi connectivity index (χ0n) is 7.70. The molecule has 0 aliphatic heterocycles. The van der Waals surface area contributed by atoms with Gasteiger partial charge in [0.1, 0.15) is 0 Å². The lowest BCUT2D eigenvalue weighted by Crippen LogP contribution is -2.31. The molecule has 5 heteroatoms. The third-order valence-corrected chi connectivity index (χ3v) is 1.91. The molecule has 0 aromatic rings. The number of nitrogens with zero attached hydrogens (tertiary/aromatic N) is 1. The molecule has 0 saturated heterocycles. The maximum atomic E-state index is 8.21. The average molecular weight is 187 g/mol. The lowest BCUT2D eigenvalue weighted by atomic mass is 10.5. The normalized spacial score (nSPS) is 17.7. The quantitative estimate of drug-likeness (QED) is 0.169. The summed E-state index contributed by atoms with van der Waals surface area (Å²) in [6, 6.07) is 0. The van der Waals surface area contributed by atoms with E-state index >= 15 is 0 Å². The molecular weight excluding hydrogens is 170 g/mol. The topological polar surface area (TPSA) is 79.9 Å². The first-order valence-corrected chi connectivity index (χ1v) is 4.58. The number of nitrogens with one attached hydrogen (secondary N) is 1. The van der Waals surface area contributed by atoms with Gasteiger partial charge in [0.25, 0.3) is 0 Å². The number of hydrogen-bond acceptors (Lipinski definition) is 4. The van der Waals surface area contributed by atoms with Crippen molar-refractivity contribution >= 4 is 5.84 Å². The van der Waals surface area contributed by atoms with E-state index in [4.69, 9.17) is 15.7 Å². The average Bonchev–Trinajstić information content (AvgIpc) is 2.94. The molecule has 76 valence electrons. The standard InChI is InChI=1S/C8H17N3O2/c9-8(11-12)5-10-3-4-13-6-7-1-2-7/h7,10,12H,1-6H2,(H2,9,11). The van der Waals surface area contributed by atoms with Crippen LogP contribution in [0.4, 0.5) is 0 Å². The molecule has 0 unspecified atom stereocenters. The summed E-state index contributed by atoms with van der Waals surface area (Å²) in [6.07, 6.45) is 2.63. The highest BCUT2D eigenvalue weighted by molar-refractivity contribution is 5.81. The molecule has 0 spiro atoms. The largest absolute Gasteiger partial charge is 0.409 e. The van der Waals surface area contributed by atoms with E-state index in [-0.39, 0.29) is 5.84 Å². The van der Waals surface area contributed by atoms with E-state index in [2.05, 4.69) is 10.5 Å². The van der Waals surface area contributed by atoms with Crippen molar-refractivity contribution in [1.82, 2.24) is 5.32 Å².